The van der Waals surface area contributed by atoms with Gasteiger partial charge in [-0.25, -0.2) is 4.79 Å². The summed E-state index contributed by atoms with van der Waals surface area (Å²) in [4.78, 5) is 25.4. The second-order valence-electron chi connectivity index (χ2n) is 5.95. The first-order valence-corrected chi connectivity index (χ1v) is 7.83. The summed E-state index contributed by atoms with van der Waals surface area (Å²) in [5.74, 6) is -0.719. The molecule has 5 nitrogen and oxygen atoms in total. The van der Waals surface area contributed by atoms with E-state index in [0.717, 1.165) is 16.7 Å². The van der Waals surface area contributed by atoms with Crippen molar-refractivity contribution >= 4 is 11.9 Å². The monoisotopic (exact) mass is 325 g/mol. The van der Waals surface area contributed by atoms with Crippen molar-refractivity contribution in [3.63, 3.8) is 0 Å². The summed E-state index contributed by atoms with van der Waals surface area (Å²) in [7, 11) is 0. The molecule has 1 amide bonds. The Morgan fingerprint density at radius 3 is 2.46 bits per heavy atom. The van der Waals surface area contributed by atoms with Gasteiger partial charge in [-0.05, 0) is 30.2 Å². The molecule has 0 radical (unpaired) electrons. The number of carboxylic acids is 1. The van der Waals surface area contributed by atoms with E-state index in [2.05, 4.69) is 0 Å². The van der Waals surface area contributed by atoms with Crippen molar-refractivity contribution < 1.29 is 19.4 Å². The number of fused-ring (bicyclic) bond motifs is 1. The summed E-state index contributed by atoms with van der Waals surface area (Å²) in [5, 5.41) is 9.46. The van der Waals surface area contributed by atoms with Gasteiger partial charge in [-0.2, -0.15) is 0 Å². The molecule has 1 unspecified atom stereocenters. The van der Waals surface area contributed by atoms with E-state index in [1.165, 1.54) is 4.90 Å². The second kappa shape index (κ2) is 6.74. The molecule has 1 N–H and O–H groups in total. The van der Waals surface area contributed by atoms with Gasteiger partial charge >= 0.3 is 5.97 Å². The van der Waals surface area contributed by atoms with Crippen molar-refractivity contribution in [2.75, 3.05) is 6.61 Å². The van der Waals surface area contributed by atoms with Crippen molar-refractivity contribution in [2.24, 2.45) is 0 Å². The van der Waals surface area contributed by atoms with E-state index in [1.54, 1.807) is 12.1 Å². The maximum atomic E-state index is 12.5. The third-order valence-electron chi connectivity index (χ3n) is 4.24. The fourth-order valence-corrected chi connectivity index (χ4v) is 2.87. The zero-order valence-electron chi connectivity index (χ0n) is 13.4. The lowest BCUT2D eigenvalue weighted by Gasteiger charge is -2.34. The van der Waals surface area contributed by atoms with E-state index in [1.807, 2.05) is 43.3 Å². The fraction of sp³-hybridized carbons (Fsp3) is 0.263. The van der Waals surface area contributed by atoms with Gasteiger partial charge in [0.05, 0.1) is 0 Å². The number of carbonyl (C=O) groups excluding carboxylic acids is 1. The average molecular weight is 325 g/mol. The molecule has 0 saturated carbocycles. The molecule has 1 atom stereocenters. The van der Waals surface area contributed by atoms with Crippen molar-refractivity contribution in [3.8, 4) is 5.75 Å². The number of rotatable bonds is 4. The van der Waals surface area contributed by atoms with Crippen molar-refractivity contribution in [1.82, 2.24) is 4.90 Å². The van der Waals surface area contributed by atoms with E-state index in [4.69, 9.17) is 4.74 Å². The number of ether oxygens (including phenoxy) is 1. The summed E-state index contributed by atoms with van der Waals surface area (Å²) >= 11 is 0. The van der Waals surface area contributed by atoms with Crippen LogP contribution in [0.15, 0.2) is 48.5 Å². The lowest BCUT2D eigenvalue weighted by atomic mass is 9.94. The molecular weight excluding hydrogens is 306 g/mol. The Morgan fingerprint density at radius 2 is 1.79 bits per heavy atom. The first-order valence-electron chi connectivity index (χ1n) is 7.83. The highest BCUT2D eigenvalue weighted by molar-refractivity contribution is 5.85. The highest BCUT2D eigenvalue weighted by Crippen LogP contribution is 2.24. The minimum atomic E-state index is -0.992. The summed E-state index contributed by atoms with van der Waals surface area (Å²) < 4.78 is 5.51. The molecule has 1 aliphatic heterocycles. The molecule has 2 aromatic carbocycles. The molecule has 24 heavy (non-hydrogen) atoms. The molecule has 0 aliphatic carbocycles. The number of amides is 1. The summed E-state index contributed by atoms with van der Waals surface area (Å²) in [5.41, 5.74) is 3.07. The van der Waals surface area contributed by atoms with Crippen LogP contribution in [0.3, 0.4) is 0 Å². The third kappa shape index (κ3) is 3.40. The van der Waals surface area contributed by atoms with Crippen molar-refractivity contribution in [1.29, 1.82) is 0 Å². The van der Waals surface area contributed by atoms with Gasteiger partial charge in [0, 0.05) is 13.0 Å². The van der Waals surface area contributed by atoms with Crippen LogP contribution in [-0.2, 0) is 22.6 Å². The largest absolute Gasteiger partial charge is 0.484 e. The van der Waals surface area contributed by atoms with Gasteiger partial charge in [0.15, 0.2) is 6.61 Å². The zero-order valence-corrected chi connectivity index (χ0v) is 13.4. The van der Waals surface area contributed by atoms with Crippen LogP contribution in [-0.4, -0.2) is 34.5 Å². The number of aliphatic carboxylic acids is 1. The van der Waals surface area contributed by atoms with Crippen LogP contribution >= 0.6 is 0 Å². The number of benzene rings is 2. The van der Waals surface area contributed by atoms with E-state index < -0.39 is 12.0 Å². The zero-order chi connectivity index (χ0) is 17.1. The number of nitrogens with zero attached hydrogens (tertiary/aromatic N) is 1. The predicted octanol–water partition coefficient (Wildman–Crippen LogP) is 2.41. The molecular formula is C19H19NO4. The van der Waals surface area contributed by atoms with E-state index >= 15 is 0 Å². The Hall–Kier alpha value is -2.82. The van der Waals surface area contributed by atoms with E-state index in [-0.39, 0.29) is 12.5 Å². The number of hydrogen-bond donors (Lipinski definition) is 1. The predicted molar refractivity (Wildman–Crippen MR) is 88.8 cm³/mol. The Bertz CT molecular complexity index is 754. The minimum absolute atomic E-state index is 0.172. The molecule has 2 aromatic rings. The normalized spacial score (nSPS) is 16.4. The number of carbonyl (C=O) groups is 2. The van der Waals surface area contributed by atoms with Crippen LogP contribution in [0, 0.1) is 6.92 Å². The van der Waals surface area contributed by atoms with Gasteiger partial charge in [-0.1, -0.05) is 42.0 Å². The summed E-state index contributed by atoms with van der Waals surface area (Å²) in [6.07, 6.45) is 0.321. The van der Waals surface area contributed by atoms with Crippen LogP contribution in [0.1, 0.15) is 16.7 Å². The molecule has 0 spiro atoms. The van der Waals surface area contributed by atoms with Gasteiger partial charge in [0.25, 0.3) is 5.91 Å². The summed E-state index contributed by atoms with van der Waals surface area (Å²) in [6, 6.07) is 14.2. The highest BCUT2D eigenvalue weighted by Gasteiger charge is 2.34. The van der Waals surface area contributed by atoms with Crippen LogP contribution < -0.4 is 4.74 Å². The maximum Gasteiger partial charge on any atom is 0.326 e. The average Bonchev–Trinajstić information content (AvgIpc) is 2.59. The van der Waals surface area contributed by atoms with Crippen molar-refractivity contribution in [3.05, 3.63) is 65.2 Å². The van der Waals surface area contributed by atoms with E-state index in [9.17, 15) is 14.7 Å². The molecule has 0 aromatic heterocycles. The van der Waals surface area contributed by atoms with Crippen LogP contribution in [0.4, 0.5) is 0 Å². The molecule has 1 aliphatic rings. The molecule has 0 bridgehead atoms. The Morgan fingerprint density at radius 1 is 1.12 bits per heavy atom. The molecule has 1 heterocycles. The molecule has 3 rings (SSSR count). The quantitative estimate of drug-likeness (QED) is 0.937. The first kappa shape index (κ1) is 16.1. The molecule has 124 valence electrons. The lowest BCUT2D eigenvalue weighted by molar-refractivity contribution is -0.152. The second-order valence-corrected chi connectivity index (χ2v) is 5.95. The maximum absolute atomic E-state index is 12.5. The standard InChI is InChI=1S/C19H19NO4/c1-13-6-8-16(9-7-13)24-12-18(21)20-11-15-5-3-2-4-14(15)10-17(20)19(22)23/h2-9,17H,10-12H2,1H3,(H,22,23). The van der Waals surface area contributed by atoms with Crippen LogP contribution in [0.25, 0.3) is 0 Å². The number of hydrogen-bond acceptors (Lipinski definition) is 3. The Balaban J connectivity index is 1.72. The van der Waals surface area contributed by atoms with Crippen LogP contribution in [0.2, 0.25) is 0 Å². The fourth-order valence-electron chi connectivity index (χ4n) is 2.87. The summed E-state index contributed by atoms with van der Waals surface area (Å²) in [6.45, 7) is 2.09. The van der Waals surface area contributed by atoms with E-state index in [0.29, 0.717) is 18.7 Å². The first-order chi connectivity index (χ1) is 11.5. The number of carboxylic acid groups (broad SMARTS) is 1. The van der Waals surface area contributed by atoms with Crippen molar-refractivity contribution in [2.45, 2.75) is 25.9 Å². The minimum Gasteiger partial charge on any atom is -0.484 e. The SMILES string of the molecule is Cc1ccc(OCC(=O)N2Cc3ccccc3CC2C(=O)O)cc1. The van der Waals surface area contributed by atoms with Gasteiger partial charge in [-0.15, -0.1) is 0 Å². The van der Waals surface area contributed by atoms with Gasteiger partial charge < -0.3 is 14.7 Å². The van der Waals surface area contributed by atoms with Gasteiger partial charge in [0.1, 0.15) is 11.8 Å². The Labute approximate surface area is 140 Å². The van der Waals surface area contributed by atoms with Crippen LogP contribution in [0.5, 0.6) is 5.75 Å². The number of aryl methyl sites for hydroxylation is 1. The Kier molecular flexibility index (Phi) is 4.51. The topological polar surface area (TPSA) is 66.8 Å². The highest BCUT2D eigenvalue weighted by atomic mass is 16.5. The smallest absolute Gasteiger partial charge is 0.326 e. The van der Waals surface area contributed by atoms with Gasteiger partial charge in [0.2, 0.25) is 0 Å². The lowest BCUT2D eigenvalue weighted by Crippen LogP contribution is -2.50. The molecule has 0 saturated heterocycles. The molecule has 5 heteroatoms. The third-order valence-corrected chi connectivity index (χ3v) is 4.24. The molecule has 0 fully saturated rings. The van der Waals surface area contributed by atoms with Gasteiger partial charge in [-0.3, -0.25) is 4.79 Å².